The molecule has 2 N–H and O–H groups in total. The molecule has 0 unspecified atom stereocenters. The molecule has 0 bridgehead atoms. The third kappa shape index (κ3) is 13.9. The van der Waals surface area contributed by atoms with Crippen LogP contribution in [0, 0.1) is 0 Å². The maximum Gasteiger partial charge on any atom is 0.330 e. The number of carbonyl (C=O) groups is 3. The van der Waals surface area contributed by atoms with E-state index in [0.29, 0.717) is 11.3 Å². The van der Waals surface area contributed by atoms with Gasteiger partial charge in [0.25, 0.3) is 0 Å². The highest BCUT2D eigenvalue weighted by atomic mass is 16.6. The minimum absolute atomic E-state index is 0.0709. The highest BCUT2D eigenvalue weighted by molar-refractivity contribution is 5.91. The Morgan fingerprint density at radius 3 is 1.40 bits per heavy atom. The molecule has 9 heteroatoms. The maximum absolute atomic E-state index is 12.4. The van der Waals surface area contributed by atoms with Crippen molar-refractivity contribution < 1.29 is 34.1 Å². The number of carboxylic acid groups (broad SMARTS) is 1. The Hall–Kier alpha value is -2.91. The summed E-state index contributed by atoms with van der Waals surface area (Å²) in [5.74, 6) is -1.37. The van der Waals surface area contributed by atoms with E-state index in [1.165, 1.54) is 5.56 Å². The van der Waals surface area contributed by atoms with Gasteiger partial charge in [0.15, 0.2) is 0 Å². The Morgan fingerprint density at radius 2 is 1.07 bits per heavy atom. The lowest BCUT2D eigenvalue weighted by molar-refractivity contribution is -0.169. The predicted molar refractivity (Wildman–Crippen MR) is 224 cm³/mol. The first-order valence-corrected chi connectivity index (χ1v) is 20.4. The van der Waals surface area contributed by atoms with Gasteiger partial charge in [-0.25, -0.2) is 4.79 Å². The molecule has 0 aromatic heterocycles. The van der Waals surface area contributed by atoms with E-state index in [1.54, 1.807) is 13.0 Å². The van der Waals surface area contributed by atoms with Crippen molar-refractivity contribution >= 4 is 17.9 Å². The Morgan fingerprint density at radius 1 is 0.709 bits per heavy atom. The zero-order valence-electron chi connectivity index (χ0n) is 37.8. The topological polar surface area (TPSA) is 117 Å². The summed E-state index contributed by atoms with van der Waals surface area (Å²) < 4.78 is 11.4. The van der Waals surface area contributed by atoms with Crippen molar-refractivity contribution in [2.75, 3.05) is 14.1 Å². The van der Waals surface area contributed by atoms with Crippen LogP contribution in [0.3, 0.4) is 0 Å². The van der Waals surface area contributed by atoms with Crippen LogP contribution in [0.15, 0.2) is 23.8 Å². The normalized spacial score (nSPS) is 20.6. The average molecular weight is 771 g/mol. The van der Waals surface area contributed by atoms with E-state index in [4.69, 9.17) is 14.6 Å². The van der Waals surface area contributed by atoms with E-state index in [9.17, 15) is 19.5 Å². The quantitative estimate of drug-likeness (QED) is 0.0982. The number of benzene rings is 1. The van der Waals surface area contributed by atoms with Gasteiger partial charge < -0.3 is 19.7 Å². The van der Waals surface area contributed by atoms with E-state index in [0.717, 1.165) is 68.9 Å². The van der Waals surface area contributed by atoms with Gasteiger partial charge >= 0.3 is 17.9 Å². The molecule has 1 aromatic carbocycles. The molecular weight excluding hydrogens is 693 g/mol. The minimum Gasteiger partial charge on any atom is -0.507 e. The summed E-state index contributed by atoms with van der Waals surface area (Å²) in [4.78, 5) is 40.3. The van der Waals surface area contributed by atoms with Gasteiger partial charge in [0, 0.05) is 53.4 Å². The van der Waals surface area contributed by atoms with Crippen molar-refractivity contribution in [1.82, 2.24) is 9.80 Å². The third-order valence-electron chi connectivity index (χ3n) is 12.2. The Labute approximate surface area is 334 Å². The van der Waals surface area contributed by atoms with Gasteiger partial charge in [-0.1, -0.05) is 66.2 Å². The second-order valence-corrected chi connectivity index (χ2v) is 20.9. The number of likely N-dealkylation sites (tertiary alicyclic amines) is 2. The van der Waals surface area contributed by atoms with Crippen molar-refractivity contribution in [2.45, 2.75) is 213 Å². The van der Waals surface area contributed by atoms with Crippen LogP contribution < -0.4 is 0 Å². The molecule has 2 aliphatic rings. The predicted octanol–water partition coefficient (Wildman–Crippen LogP) is 9.89. The summed E-state index contributed by atoms with van der Waals surface area (Å²) in [5, 5.41) is 19.6. The molecule has 2 heterocycles. The van der Waals surface area contributed by atoms with Crippen molar-refractivity contribution in [3.05, 3.63) is 40.5 Å². The Kier molecular flexibility index (Phi) is 15.9. The number of unbranched alkanes of at least 4 members (excludes halogenated alkanes) is 3. The number of ether oxygens (including phenoxy) is 2. The molecule has 0 amide bonds. The molecule has 0 atom stereocenters. The van der Waals surface area contributed by atoms with E-state index < -0.39 is 17.9 Å². The second kappa shape index (κ2) is 18.1. The van der Waals surface area contributed by atoms with Gasteiger partial charge in [-0.3, -0.25) is 19.4 Å². The number of hydrogen-bond donors (Lipinski definition) is 2. The highest BCUT2D eigenvalue weighted by Gasteiger charge is 2.46. The van der Waals surface area contributed by atoms with Crippen LogP contribution in [0.1, 0.15) is 178 Å². The molecule has 1 aromatic rings. The number of rotatable bonds is 11. The van der Waals surface area contributed by atoms with Crippen molar-refractivity contribution in [2.24, 2.45) is 0 Å². The number of allylic oxidation sites excluding steroid dienone is 1. The highest BCUT2D eigenvalue weighted by Crippen LogP contribution is 2.41. The number of piperidine rings is 2. The largest absolute Gasteiger partial charge is 0.507 e. The number of esters is 2. The average Bonchev–Trinajstić information content (AvgIpc) is 2.99. The number of phenolic OH excluding ortho intramolecular Hbond substituents is 1. The fraction of sp³-hybridized carbons (Fsp3) is 0.761. The number of aromatic hydroxyl groups is 1. The molecule has 0 saturated carbocycles. The van der Waals surface area contributed by atoms with Gasteiger partial charge in [0.05, 0.1) is 0 Å². The van der Waals surface area contributed by atoms with Crippen LogP contribution in [0.25, 0.3) is 0 Å². The van der Waals surface area contributed by atoms with E-state index in [2.05, 4.69) is 133 Å². The lowest BCUT2D eigenvalue weighted by Crippen LogP contribution is -2.60. The van der Waals surface area contributed by atoms with Crippen molar-refractivity contribution in [3.8, 4) is 5.75 Å². The lowest BCUT2D eigenvalue weighted by atomic mass is 9.78. The van der Waals surface area contributed by atoms with Crippen LogP contribution in [0.5, 0.6) is 5.75 Å². The third-order valence-corrected chi connectivity index (χ3v) is 12.2. The zero-order valence-corrected chi connectivity index (χ0v) is 37.8. The summed E-state index contributed by atoms with van der Waals surface area (Å²) in [6.07, 6.45) is 9.07. The van der Waals surface area contributed by atoms with Gasteiger partial charge in [0.1, 0.15) is 24.4 Å². The molecule has 55 heavy (non-hydrogen) atoms. The molecule has 314 valence electrons. The molecule has 9 nitrogen and oxygen atoms in total. The lowest BCUT2D eigenvalue weighted by Gasteiger charge is -2.53. The number of phenols is 1. The summed E-state index contributed by atoms with van der Waals surface area (Å²) >= 11 is 0. The Bertz CT molecular complexity index is 1400. The number of hydrogen-bond acceptors (Lipinski definition) is 8. The maximum atomic E-state index is 12.4. The van der Waals surface area contributed by atoms with Gasteiger partial charge in [-0.05, 0) is 130 Å². The Balaban J connectivity index is 0.000000383. The van der Waals surface area contributed by atoms with Crippen molar-refractivity contribution in [3.63, 3.8) is 0 Å². The standard InChI is InChI=1S/C23H42N2O4.C23H36O3/c1-20(2)12-16(13-21(3,4)24(20)9)28-18(26)11-19(27)29-17-14-22(5,6)25(10)23(7,8)15-17;1-16(21(25)26)12-10-8-9-11-13-17-14-18(22(2,3)4)20(24)19(15-17)23(5,6)7/h16-17H,11-15H2,1-10H3;12,14-15,24H,8-11,13H2,1-7H3,(H,25,26). The number of aryl methyl sites for hydroxylation is 1. The zero-order chi connectivity index (χ0) is 42.5. The van der Waals surface area contributed by atoms with Gasteiger partial charge in [-0.15, -0.1) is 0 Å². The minimum atomic E-state index is -0.835. The molecule has 0 spiro atoms. The second-order valence-electron chi connectivity index (χ2n) is 20.9. The van der Waals surface area contributed by atoms with E-state index in [-0.39, 0.29) is 51.6 Å². The smallest absolute Gasteiger partial charge is 0.330 e. The SMILES string of the molecule is CC(=CCCCCCc1cc(C(C)(C)C)c(O)c(C(C)(C)C)c1)C(=O)O.CN1C(C)(C)CC(OC(=O)CC(=O)OC2CC(C)(C)N(C)C(C)(C)C2)CC1(C)C. The summed E-state index contributed by atoms with van der Waals surface area (Å²) in [6, 6.07) is 4.30. The van der Waals surface area contributed by atoms with Gasteiger partial charge in [0.2, 0.25) is 0 Å². The van der Waals surface area contributed by atoms with Crippen LogP contribution in [-0.2, 0) is 41.1 Å². The van der Waals surface area contributed by atoms with Crippen molar-refractivity contribution in [1.29, 1.82) is 0 Å². The molecule has 2 saturated heterocycles. The fourth-order valence-electron chi connectivity index (χ4n) is 8.34. The number of aliphatic carboxylic acids is 1. The van der Waals surface area contributed by atoms with E-state index >= 15 is 0 Å². The molecule has 2 aliphatic heterocycles. The van der Waals surface area contributed by atoms with Gasteiger partial charge in [-0.2, -0.15) is 0 Å². The van der Waals surface area contributed by atoms with Crippen LogP contribution in [0.2, 0.25) is 0 Å². The van der Waals surface area contributed by atoms with Crippen LogP contribution in [0.4, 0.5) is 0 Å². The summed E-state index contributed by atoms with van der Waals surface area (Å²) in [7, 11) is 4.22. The number of carbonyl (C=O) groups excluding carboxylic acids is 2. The van der Waals surface area contributed by atoms with E-state index in [1.807, 2.05) is 0 Å². The van der Waals surface area contributed by atoms with Crippen LogP contribution >= 0.6 is 0 Å². The number of carboxylic acids is 1. The fourth-order valence-corrected chi connectivity index (χ4v) is 8.34. The van der Waals surface area contributed by atoms with Crippen LogP contribution in [-0.4, -0.2) is 86.4 Å². The summed E-state index contributed by atoms with van der Waals surface area (Å²) in [5.41, 5.74) is 3.25. The first-order chi connectivity index (χ1) is 24.8. The monoisotopic (exact) mass is 771 g/mol. The summed E-state index contributed by atoms with van der Waals surface area (Å²) in [6.45, 7) is 31.7. The molecule has 0 aliphatic carbocycles. The first kappa shape index (κ1) is 48.2. The molecule has 0 radical (unpaired) electrons. The molecule has 2 fully saturated rings. The molecule has 3 rings (SSSR count). The first-order valence-electron chi connectivity index (χ1n) is 20.4. The molecular formula is C46H78N2O7. The number of nitrogens with zero attached hydrogens (tertiary/aromatic N) is 2.